The van der Waals surface area contributed by atoms with Gasteiger partial charge < -0.3 is 10.2 Å². The number of halogens is 1. The summed E-state index contributed by atoms with van der Waals surface area (Å²) >= 11 is 0. The SMILES string of the molecule is Cc1cc(NC(=O)N2CCCCC2)ccc1F. The fourth-order valence-corrected chi connectivity index (χ4v) is 2.02. The number of carbonyl (C=O) groups is 1. The Bertz CT molecular complexity index is 414. The highest BCUT2D eigenvalue weighted by atomic mass is 19.1. The predicted octanol–water partition coefficient (Wildman–Crippen LogP) is 3.15. The minimum atomic E-state index is -0.249. The first-order chi connectivity index (χ1) is 8.16. The number of likely N-dealkylation sites (tertiary alicyclic amines) is 1. The molecule has 1 N–H and O–H groups in total. The summed E-state index contributed by atoms with van der Waals surface area (Å²) in [7, 11) is 0. The maximum atomic E-state index is 13.1. The van der Waals surface area contributed by atoms with Gasteiger partial charge in [-0.1, -0.05) is 0 Å². The molecule has 0 saturated carbocycles. The van der Waals surface area contributed by atoms with E-state index in [1.807, 2.05) is 4.90 Å². The molecule has 1 aliphatic rings. The normalized spacial score (nSPS) is 15.8. The van der Waals surface area contributed by atoms with Crippen molar-refractivity contribution in [2.45, 2.75) is 26.2 Å². The van der Waals surface area contributed by atoms with Crippen molar-refractivity contribution in [1.82, 2.24) is 4.90 Å². The van der Waals surface area contributed by atoms with E-state index >= 15 is 0 Å². The summed E-state index contributed by atoms with van der Waals surface area (Å²) in [5.74, 6) is -0.249. The van der Waals surface area contributed by atoms with Crippen molar-refractivity contribution < 1.29 is 9.18 Å². The van der Waals surface area contributed by atoms with Crippen molar-refractivity contribution in [3.05, 3.63) is 29.6 Å². The van der Waals surface area contributed by atoms with Crippen LogP contribution >= 0.6 is 0 Å². The van der Waals surface area contributed by atoms with Crippen molar-refractivity contribution in [2.75, 3.05) is 18.4 Å². The molecule has 17 heavy (non-hydrogen) atoms. The first-order valence-electron chi connectivity index (χ1n) is 5.99. The van der Waals surface area contributed by atoms with Crippen LogP contribution in [0.5, 0.6) is 0 Å². The molecule has 0 aliphatic carbocycles. The molecule has 1 aromatic rings. The summed E-state index contributed by atoms with van der Waals surface area (Å²) in [5.41, 5.74) is 1.20. The first-order valence-corrected chi connectivity index (χ1v) is 5.99. The summed E-state index contributed by atoms with van der Waals surface area (Å²) in [5, 5.41) is 2.80. The average molecular weight is 236 g/mol. The number of hydrogen-bond donors (Lipinski definition) is 1. The Morgan fingerprint density at radius 1 is 1.29 bits per heavy atom. The predicted molar refractivity (Wildman–Crippen MR) is 65.6 cm³/mol. The van der Waals surface area contributed by atoms with Gasteiger partial charge in [-0.25, -0.2) is 9.18 Å². The van der Waals surface area contributed by atoms with Crippen molar-refractivity contribution in [3.63, 3.8) is 0 Å². The van der Waals surface area contributed by atoms with Gasteiger partial charge in [0.1, 0.15) is 5.82 Å². The third-order valence-electron chi connectivity index (χ3n) is 3.05. The Morgan fingerprint density at radius 2 is 2.00 bits per heavy atom. The number of rotatable bonds is 1. The van der Waals surface area contributed by atoms with Crippen molar-refractivity contribution in [2.24, 2.45) is 0 Å². The molecule has 0 bridgehead atoms. The molecule has 1 aliphatic heterocycles. The van der Waals surface area contributed by atoms with Crippen LogP contribution in [0.2, 0.25) is 0 Å². The molecule has 0 radical (unpaired) electrons. The molecule has 0 unspecified atom stereocenters. The molecule has 4 heteroatoms. The van der Waals surface area contributed by atoms with Crippen molar-refractivity contribution >= 4 is 11.7 Å². The zero-order valence-corrected chi connectivity index (χ0v) is 10.0. The molecule has 0 atom stereocenters. The van der Waals surface area contributed by atoms with Gasteiger partial charge in [0, 0.05) is 18.8 Å². The van der Waals surface area contributed by atoms with E-state index < -0.39 is 0 Å². The van der Waals surface area contributed by atoms with Crippen LogP contribution in [-0.4, -0.2) is 24.0 Å². The molecule has 0 aromatic heterocycles. The number of anilines is 1. The molecule has 3 nitrogen and oxygen atoms in total. The second-order valence-electron chi connectivity index (χ2n) is 4.44. The van der Waals surface area contributed by atoms with Gasteiger partial charge in [-0.15, -0.1) is 0 Å². The second-order valence-corrected chi connectivity index (χ2v) is 4.44. The van der Waals surface area contributed by atoms with E-state index in [0.29, 0.717) is 11.3 Å². The highest BCUT2D eigenvalue weighted by Gasteiger charge is 2.16. The lowest BCUT2D eigenvalue weighted by atomic mass is 10.1. The largest absolute Gasteiger partial charge is 0.325 e. The van der Waals surface area contributed by atoms with Gasteiger partial charge in [0.2, 0.25) is 0 Å². The molecule has 2 amide bonds. The molecule has 2 rings (SSSR count). The Morgan fingerprint density at radius 3 is 2.65 bits per heavy atom. The van der Waals surface area contributed by atoms with Crippen molar-refractivity contribution in [1.29, 1.82) is 0 Å². The number of aryl methyl sites for hydroxylation is 1. The van der Waals surface area contributed by atoms with E-state index in [4.69, 9.17) is 0 Å². The molecule has 1 fully saturated rings. The summed E-state index contributed by atoms with van der Waals surface area (Å²) in [6, 6.07) is 4.53. The number of urea groups is 1. The summed E-state index contributed by atoms with van der Waals surface area (Å²) in [4.78, 5) is 13.7. The summed E-state index contributed by atoms with van der Waals surface area (Å²) in [6.45, 7) is 3.31. The lowest BCUT2D eigenvalue weighted by molar-refractivity contribution is 0.200. The van der Waals surface area contributed by atoms with E-state index in [-0.39, 0.29) is 11.8 Å². The second kappa shape index (κ2) is 5.17. The average Bonchev–Trinajstić information content (AvgIpc) is 2.35. The fraction of sp³-hybridized carbons (Fsp3) is 0.462. The number of hydrogen-bond acceptors (Lipinski definition) is 1. The maximum Gasteiger partial charge on any atom is 0.321 e. The van der Waals surface area contributed by atoms with Gasteiger partial charge in [-0.2, -0.15) is 0 Å². The van der Waals surface area contributed by atoms with E-state index in [1.165, 1.54) is 12.5 Å². The Balaban J connectivity index is 1.99. The van der Waals surface area contributed by atoms with Gasteiger partial charge in [0.25, 0.3) is 0 Å². The van der Waals surface area contributed by atoms with Gasteiger partial charge in [0.05, 0.1) is 0 Å². The van der Waals surface area contributed by atoms with Gasteiger partial charge >= 0.3 is 6.03 Å². The molecule has 1 saturated heterocycles. The third kappa shape index (κ3) is 2.96. The first kappa shape index (κ1) is 11.9. The van der Waals surface area contributed by atoms with Crippen LogP contribution in [-0.2, 0) is 0 Å². The number of nitrogens with zero attached hydrogens (tertiary/aromatic N) is 1. The minimum absolute atomic E-state index is 0.0873. The lowest BCUT2D eigenvalue weighted by Crippen LogP contribution is -2.38. The highest BCUT2D eigenvalue weighted by Crippen LogP contribution is 2.15. The van der Waals surface area contributed by atoms with Crippen LogP contribution in [0, 0.1) is 12.7 Å². The summed E-state index contributed by atoms with van der Waals surface area (Å²) < 4.78 is 13.1. The van der Waals surface area contributed by atoms with Crippen molar-refractivity contribution in [3.8, 4) is 0 Å². The lowest BCUT2D eigenvalue weighted by Gasteiger charge is -2.26. The van der Waals surface area contributed by atoms with E-state index in [0.717, 1.165) is 25.9 Å². The number of nitrogens with one attached hydrogen (secondary N) is 1. The zero-order chi connectivity index (χ0) is 12.3. The zero-order valence-electron chi connectivity index (χ0n) is 10.0. The van der Waals surface area contributed by atoms with Gasteiger partial charge in [-0.3, -0.25) is 0 Å². The van der Waals surface area contributed by atoms with Gasteiger partial charge in [-0.05, 0) is 49.9 Å². The number of carbonyl (C=O) groups excluding carboxylic acids is 1. The Kier molecular flexibility index (Phi) is 3.61. The number of piperidine rings is 1. The molecule has 0 spiro atoms. The van der Waals surface area contributed by atoms with Crippen LogP contribution in [0.4, 0.5) is 14.9 Å². The molecular formula is C13H17FN2O. The number of amides is 2. The topological polar surface area (TPSA) is 32.3 Å². The fourth-order valence-electron chi connectivity index (χ4n) is 2.02. The van der Waals surface area contributed by atoms with Crippen LogP contribution in [0.1, 0.15) is 24.8 Å². The van der Waals surface area contributed by atoms with Crippen LogP contribution in [0.25, 0.3) is 0 Å². The minimum Gasteiger partial charge on any atom is -0.325 e. The van der Waals surface area contributed by atoms with E-state index in [2.05, 4.69) is 5.32 Å². The van der Waals surface area contributed by atoms with E-state index in [9.17, 15) is 9.18 Å². The third-order valence-corrected chi connectivity index (χ3v) is 3.05. The highest BCUT2D eigenvalue weighted by molar-refractivity contribution is 5.89. The van der Waals surface area contributed by atoms with Crippen LogP contribution < -0.4 is 5.32 Å². The number of benzene rings is 1. The monoisotopic (exact) mass is 236 g/mol. The quantitative estimate of drug-likeness (QED) is 0.798. The standard InChI is InChI=1S/C13H17FN2O/c1-10-9-11(5-6-12(10)14)15-13(17)16-7-3-2-4-8-16/h5-6,9H,2-4,7-8H2,1H3,(H,15,17). The molecular weight excluding hydrogens is 219 g/mol. The van der Waals surface area contributed by atoms with Crippen LogP contribution in [0.15, 0.2) is 18.2 Å². The maximum absolute atomic E-state index is 13.1. The van der Waals surface area contributed by atoms with Gasteiger partial charge in [0.15, 0.2) is 0 Å². The molecule has 1 aromatic carbocycles. The smallest absolute Gasteiger partial charge is 0.321 e. The van der Waals surface area contributed by atoms with E-state index in [1.54, 1.807) is 19.1 Å². The molecule has 1 heterocycles. The molecule has 92 valence electrons. The Labute approximate surface area is 101 Å². The van der Waals surface area contributed by atoms with Crippen LogP contribution in [0.3, 0.4) is 0 Å². The summed E-state index contributed by atoms with van der Waals surface area (Å²) in [6.07, 6.45) is 3.32. The Hall–Kier alpha value is -1.58.